The Balaban J connectivity index is 1.47. The van der Waals surface area contributed by atoms with Crippen molar-refractivity contribution in [3.63, 3.8) is 0 Å². The molecular weight excluding hydrogens is 400 g/mol. The number of hydrogen-bond donors (Lipinski definition) is 1. The van der Waals surface area contributed by atoms with Crippen LogP contribution in [-0.2, 0) is 4.79 Å². The summed E-state index contributed by atoms with van der Waals surface area (Å²) >= 11 is 0. The summed E-state index contributed by atoms with van der Waals surface area (Å²) in [6.45, 7) is 6.17. The predicted molar refractivity (Wildman–Crippen MR) is 126 cm³/mol. The number of amides is 1. The standard InChI is InChI=1S/C27H28N2O3/c1-18(2)22-15-19(3)13-14-24(22)31-17-27(30)29-28-23-16-26(20-9-5-4-6-10-20)32-25-12-8-7-11-21(23)25/h4-15,18,26H,16-17H2,1-3H3,(H,29,30)/b28-23+. The van der Waals surface area contributed by atoms with Crippen LogP contribution in [-0.4, -0.2) is 18.2 Å². The quantitative estimate of drug-likeness (QED) is 0.524. The first-order valence-corrected chi connectivity index (χ1v) is 10.9. The van der Waals surface area contributed by atoms with Gasteiger partial charge in [-0.25, -0.2) is 5.43 Å². The number of carbonyl (C=O) groups excluding carboxylic acids is 1. The number of para-hydroxylation sites is 1. The lowest BCUT2D eigenvalue weighted by Gasteiger charge is -2.27. The Morgan fingerprint density at radius 2 is 1.84 bits per heavy atom. The maximum atomic E-state index is 12.5. The molecule has 1 amide bonds. The van der Waals surface area contributed by atoms with Crippen LogP contribution in [0.5, 0.6) is 11.5 Å². The van der Waals surface area contributed by atoms with Crippen molar-refractivity contribution in [2.45, 2.75) is 39.2 Å². The Hall–Kier alpha value is -3.60. The fourth-order valence-corrected chi connectivity index (χ4v) is 3.80. The number of carbonyl (C=O) groups is 1. The van der Waals surface area contributed by atoms with E-state index in [2.05, 4.69) is 30.4 Å². The van der Waals surface area contributed by atoms with Crippen molar-refractivity contribution in [1.82, 2.24) is 5.43 Å². The molecule has 1 aliphatic rings. The van der Waals surface area contributed by atoms with E-state index in [1.807, 2.05) is 73.7 Å². The lowest BCUT2D eigenvalue weighted by atomic mass is 9.96. The van der Waals surface area contributed by atoms with Crippen LogP contribution < -0.4 is 14.9 Å². The van der Waals surface area contributed by atoms with Crippen LogP contribution in [0.25, 0.3) is 0 Å². The molecular formula is C27H28N2O3. The van der Waals surface area contributed by atoms with E-state index in [1.165, 1.54) is 5.56 Å². The van der Waals surface area contributed by atoms with Crippen molar-refractivity contribution >= 4 is 11.6 Å². The zero-order chi connectivity index (χ0) is 22.5. The Bertz CT molecular complexity index is 1120. The average Bonchev–Trinajstić information content (AvgIpc) is 2.82. The fourth-order valence-electron chi connectivity index (χ4n) is 3.80. The van der Waals surface area contributed by atoms with Crippen molar-refractivity contribution in [2.75, 3.05) is 6.61 Å². The highest BCUT2D eigenvalue weighted by molar-refractivity contribution is 6.04. The summed E-state index contributed by atoms with van der Waals surface area (Å²) in [6, 6.07) is 23.8. The van der Waals surface area contributed by atoms with Gasteiger partial charge in [0, 0.05) is 12.0 Å². The molecule has 0 bridgehead atoms. The average molecular weight is 429 g/mol. The molecule has 4 rings (SSSR count). The molecule has 1 aliphatic heterocycles. The van der Waals surface area contributed by atoms with Crippen LogP contribution >= 0.6 is 0 Å². The third kappa shape index (κ3) is 4.99. The number of nitrogens with zero attached hydrogens (tertiary/aromatic N) is 1. The van der Waals surface area contributed by atoms with Crippen molar-refractivity contribution in [1.29, 1.82) is 0 Å². The first kappa shape index (κ1) is 21.6. The highest BCUT2D eigenvalue weighted by Gasteiger charge is 2.26. The number of benzene rings is 3. The molecule has 0 fully saturated rings. The summed E-state index contributed by atoms with van der Waals surface area (Å²) in [5.41, 5.74) is 7.67. The molecule has 0 saturated heterocycles. The van der Waals surface area contributed by atoms with E-state index in [4.69, 9.17) is 9.47 Å². The molecule has 0 saturated carbocycles. The van der Waals surface area contributed by atoms with Gasteiger partial charge in [0.05, 0.1) is 5.71 Å². The van der Waals surface area contributed by atoms with Gasteiger partial charge < -0.3 is 9.47 Å². The van der Waals surface area contributed by atoms with Crippen LogP contribution in [0, 0.1) is 6.92 Å². The van der Waals surface area contributed by atoms with Crippen LogP contribution in [0.1, 0.15) is 54.5 Å². The molecule has 5 nitrogen and oxygen atoms in total. The van der Waals surface area contributed by atoms with Gasteiger partial charge >= 0.3 is 0 Å². The summed E-state index contributed by atoms with van der Waals surface area (Å²) < 4.78 is 12.0. The molecule has 0 aliphatic carbocycles. The number of ether oxygens (including phenoxy) is 2. The number of nitrogens with one attached hydrogen (secondary N) is 1. The summed E-state index contributed by atoms with van der Waals surface area (Å²) in [5.74, 6) is 1.50. The molecule has 1 atom stereocenters. The monoisotopic (exact) mass is 428 g/mol. The van der Waals surface area contributed by atoms with Gasteiger partial charge in [0.1, 0.15) is 17.6 Å². The van der Waals surface area contributed by atoms with Gasteiger partial charge in [0.2, 0.25) is 0 Å². The van der Waals surface area contributed by atoms with E-state index >= 15 is 0 Å². The minimum atomic E-state index is -0.298. The van der Waals surface area contributed by atoms with Gasteiger partial charge in [-0.2, -0.15) is 5.10 Å². The first-order chi connectivity index (χ1) is 15.5. The number of hydrazone groups is 1. The lowest BCUT2D eigenvalue weighted by molar-refractivity contribution is -0.123. The molecule has 5 heteroatoms. The van der Waals surface area contributed by atoms with Crippen molar-refractivity contribution in [3.05, 3.63) is 95.1 Å². The Labute approximate surface area is 189 Å². The number of hydrogen-bond acceptors (Lipinski definition) is 4. The van der Waals surface area contributed by atoms with Crippen LogP contribution in [0.2, 0.25) is 0 Å². The Kier molecular flexibility index (Phi) is 6.55. The van der Waals surface area contributed by atoms with Gasteiger partial charge in [0.15, 0.2) is 6.61 Å². The maximum Gasteiger partial charge on any atom is 0.277 e. The van der Waals surface area contributed by atoms with Gasteiger partial charge in [0.25, 0.3) is 5.91 Å². The second-order valence-corrected chi connectivity index (χ2v) is 8.30. The van der Waals surface area contributed by atoms with Crippen molar-refractivity contribution < 1.29 is 14.3 Å². The van der Waals surface area contributed by atoms with Gasteiger partial charge in [-0.15, -0.1) is 0 Å². The molecule has 1 heterocycles. The molecule has 0 spiro atoms. The molecule has 164 valence electrons. The molecule has 32 heavy (non-hydrogen) atoms. The summed E-state index contributed by atoms with van der Waals surface area (Å²) in [5, 5.41) is 4.44. The molecule has 3 aromatic carbocycles. The largest absolute Gasteiger partial charge is 0.485 e. The smallest absolute Gasteiger partial charge is 0.277 e. The van der Waals surface area contributed by atoms with E-state index in [0.717, 1.165) is 33.9 Å². The maximum absolute atomic E-state index is 12.5. The van der Waals surface area contributed by atoms with E-state index in [-0.39, 0.29) is 18.6 Å². The summed E-state index contributed by atoms with van der Waals surface area (Å²) in [4.78, 5) is 12.5. The molecule has 0 aromatic heterocycles. The highest BCUT2D eigenvalue weighted by atomic mass is 16.5. The number of aryl methyl sites for hydroxylation is 1. The molecule has 0 radical (unpaired) electrons. The SMILES string of the molecule is Cc1ccc(OCC(=O)N/N=C2\CC(c3ccccc3)Oc3ccccc32)c(C(C)C)c1. The van der Waals surface area contributed by atoms with E-state index < -0.39 is 0 Å². The zero-order valence-electron chi connectivity index (χ0n) is 18.7. The van der Waals surface area contributed by atoms with E-state index in [1.54, 1.807) is 0 Å². The lowest BCUT2D eigenvalue weighted by Crippen LogP contribution is -2.28. The normalized spacial score (nSPS) is 16.4. The topological polar surface area (TPSA) is 59.9 Å². The van der Waals surface area contributed by atoms with Crippen molar-refractivity contribution in [3.8, 4) is 11.5 Å². The minimum Gasteiger partial charge on any atom is -0.485 e. The van der Waals surface area contributed by atoms with E-state index in [0.29, 0.717) is 12.3 Å². The number of fused-ring (bicyclic) bond motifs is 1. The zero-order valence-corrected chi connectivity index (χ0v) is 18.7. The minimum absolute atomic E-state index is 0.0974. The second-order valence-electron chi connectivity index (χ2n) is 8.30. The van der Waals surface area contributed by atoms with Crippen molar-refractivity contribution in [2.24, 2.45) is 5.10 Å². The van der Waals surface area contributed by atoms with Crippen LogP contribution in [0.4, 0.5) is 0 Å². The molecule has 1 unspecified atom stereocenters. The first-order valence-electron chi connectivity index (χ1n) is 10.9. The molecule has 3 aromatic rings. The van der Waals surface area contributed by atoms with Gasteiger partial charge in [-0.1, -0.05) is 74.0 Å². The fraction of sp³-hybridized carbons (Fsp3) is 0.259. The summed E-state index contributed by atoms with van der Waals surface area (Å²) in [6.07, 6.45) is 0.414. The second kappa shape index (κ2) is 9.69. The van der Waals surface area contributed by atoms with Gasteiger partial charge in [-0.05, 0) is 42.2 Å². The Morgan fingerprint density at radius 3 is 2.62 bits per heavy atom. The third-order valence-electron chi connectivity index (χ3n) is 5.48. The van der Waals surface area contributed by atoms with Crippen LogP contribution in [0.15, 0.2) is 77.9 Å². The predicted octanol–water partition coefficient (Wildman–Crippen LogP) is 5.54. The molecule has 1 N–H and O–H groups in total. The summed E-state index contributed by atoms with van der Waals surface area (Å²) in [7, 11) is 0. The third-order valence-corrected chi connectivity index (χ3v) is 5.48. The highest BCUT2D eigenvalue weighted by Crippen LogP contribution is 2.35. The van der Waals surface area contributed by atoms with Crippen LogP contribution in [0.3, 0.4) is 0 Å². The van der Waals surface area contributed by atoms with Gasteiger partial charge in [-0.3, -0.25) is 4.79 Å². The van der Waals surface area contributed by atoms with E-state index in [9.17, 15) is 4.79 Å². The Morgan fingerprint density at radius 1 is 1.09 bits per heavy atom. The number of rotatable bonds is 6.